The van der Waals surface area contributed by atoms with Gasteiger partial charge in [0.1, 0.15) is 5.82 Å². The smallest absolute Gasteiger partial charge is 0.273 e. The van der Waals surface area contributed by atoms with Gasteiger partial charge in [-0.05, 0) is 36.2 Å². The van der Waals surface area contributed by atoms with E-state index in [9.17, 15) is 4.79 Å². The molecular weight excluding hydrogens is 517 g/mol. The first-order valence-corrected chi connectivity index (χ1v) is 13.5. The van der Waals surface area contributed by atoms with Crippen molar-refractivity contribution in [3.05, 3.63) is 126 Å². The number of carbonyl (C=O) groups excluding carboxylic acids is 1. The topological polar surface area (TPSA) is 79.8 Å². The molecule has 0 radical (unpaired) electrons. The Morgan fingerprint density at radius 3 is 2.24 bits per heavy atom. The second kappa shape index (κ2) is 11.5. The summed E-state index contributed by atoms with van der Waals surface area (Å²) in [6, 6.07) is 27.0. The molecule has 0 aliphatic rings. The number of hydrogen-bond acceptors (Lipinski definition) is 7. The van der Waals surface area contributed by atoms with Crippen molar-refractivity contribution in [3.63, 3.8) is 0 Å². The fourth-order valence-electron chi connectivity index (χ4n) is 4.01. The molecule has 1 amide bonds. The lowest BCUT2D eigenvalue weighted by Gasteiger charge is -2.31. The molecule has 0 fully saturated rings. The summed E-state index contributed by atoms with van der Waals surface area (Å²) in [5.74, 6) is -0.556. The van der Waals surface area contributed by atoms with E-state index >= 15 is 4.39 Å². The quantitative estimate of drug-likeness (QED) is 0.216. The minimum absolute atomic E-state index is 0.241. The van der Waals surface area contributed by atoms with Crippen LogP contribution in [0.5, 0.6) is 0 Å². The summed E-state index contributed by atoms with van der Waals surface area (Å²) in [5.41, 5.74) is 1.34. The highest BCUT2D eigenvalue weighted by Crippen LogP contribution is 2.36. The molecule has 2 N–H and O–H groups in total. The van der Waals surface area contributed by atoms with E-state index in [0.29, 0.717) is 15.8 Å². The van der Waals surface area contributed by atoms with Crippen LogP contribution >= 0.6 is 23.1 Å². The molecule has 0 spiro atoms. The predicted molar refractivity (Wildman–Crippen MR) is 150 cm³/mol. The molecule has 0 unspecified atom stereocenters. The number of nitrogens with one attached hydrogen (secondary N) is 2. The third kappa shape index (κ3) is 5.74. The average molecular weight is 542 g/mol. The number of halogens is 1. The molecule has 0 bridgehead atoms. The minimum atomic E-state index is -0.663. The maximum Gasteiger partial charge on any atom is 0.273 e. The largest absolute Gasteiger partial charge is 0.349 e. The van der Waals surface area contributed by atoms with Crippen LogP contribution in [0.4, 0.5) is 15.3 Å². The number of rotatable bonds is 9. The first-order chi connectivity index (χ1) is 18.5. The number of hydrogen-bond donors (Lipinski definition) is 2. The van der Waals surface area contributed by atoms with Crippen molar-refractivity contribution >= 4 is 40.0 Å². The number of amides is 1. The normalized spacial score (nSPS) is 11.2. The lowest BCUT2D eigenvalue weighted by atomic mass is 9.76. The fourth-order valence-corrected chi connectivity index (χ4v) is 5.87. The van der Waals surface area contributed by atoms with Crippen molar-refractivity contribution in [1.29, 1.82) is 0 Å². The fraction of sp³-hybridized carbons (Fsp3) is 0.103. The molecule has 0 aliphatic heterocycles. The van der Waals surface area contributed by atoms with Gasteiger partial charge in [0.05, 0.1) is 15.3 Å². The van der Waals surface area contributed by atoms with E-state index < -0.39 is 17.1 Å². The Balaban J connectivity index is 1.31. The van der Waals surface area contributed by atoms with E-state index in [1.54, 1.807) is 18.5 Å². The Hall–Kier alpha value is -4.08. The highest BCUT2D eigenvalue weighted by Gasteiger charge is 2.30. The van der Waals surface area contributed by atoms with Gasteiger partial charge in [-0.2, -0.15) is 0 Å². The summed E-state index contributed by atoms with van der Waals surface area (Å²) in [7, 11) is 0. The van der Waals surface area contributed by atoms with Crippen LogP contribution in [0.15, 0.2) is 113 Å². The first-order valence-electron chi connectivity index (χ1n) is 11.9. The molecule has 0 aliphatic carbocycles. The highest BCUT2D eigenvalue weighted by atomic mass is 32.2. The monoisotopic (exact) mass is 541 g/mol. The number of nitrogens with zero attached hydrogens (tertiary/aromatic N) is 3. The lowest BCUT2D eigenvalue weighted by Crippen LogP contribution is -2.40. The van der Waals surface area contributed by atoms with Gasteiger partial charge < -0.3 is 10.6 Å². The number of thiazole rings is 1. The summed E-state index contributed by atoms with van der Waals surface area (Å²) in [4.78, 5) is 26.0. The van der Waals surface area contributed by atoms with Crippen molar-refractivity contribution in [2.45, 2.75) is 21.4 Å². The molecule has 0 atom stereocenters. The average Bonchev–Trinajstić information content (AvgIpc) is 3.40. The van der Waals surface area contributed by atoms with E-state index in [1.807, 2.05) is 78.9 Å². The van der Waals surface area contributed by atoms with Crippen LogP contribution in [0, 0.1) is 5.82 Å². The number of pyridine rings is 2. The summed E-state index contributed by atoms with van der Waals surface area (Å²) in [5, 5.41) is 6.69. The lowest BCUT2D eigenvalue weighted by molar-refractivity contribution is 0.0937. The van der Waals surface area contributed by atoms with Crippen molar-refractivity contribution < 1.29 is 9.18 Å². The van der Waals surface area contributed by atoms with Crippen molar-refractivity contribution in [2.24, 2.45) is 0 Å². The molecule has 2 aromatic carbocycles. The zero-order chi connectivity index (χ0) is 26.4. The third-order valence-corrected chi connectivity index (χ3v) is 8.14. The van der Waals surface area contributed by atoms with Gasteiger partial charge in [-0.1, -0.05) is 89.8 Å². The van der Waals surface area contributed by atoms with Crippen molar-refractivity contribution in [1.82, 2.24) is 20.3 Å². The number of benzene rings is 2. The summed E-state index contributed by atoms with van der Waals surface area (Å²) < 4.78 is 16.2. The Bertz CT molecular complexity index is 1470. The van der Waals surface area contributed by atoms with Crippen LogP contribution in [-0.2, 0) is 5.41 Å². The Morgan fingerprint density at radius 1 is 0.895 bits per heavy atom. The predicted octanol–water partition coefficient (Wildman–Crippen LogP) is 6.70. The molecule has 5 aromatic rings. The van der Waals surface area contributed by atoms with Gasteiger partial charge in [0, 0.05) is 24.4 Å². The molecule has 3 heterocycles. The molecular formula is C29H24FN5OS2. The van der Waals surface area contributed by atoms with Crippen molar-refractivity contribution in [2.75, 3.05) is 11.9 Å². The van der Waals surface area contributed by atoms with Gasteiger partial charge in [-0.15, -0.1) is 0 Å². The van der Waals surface area contributed by atoms with Crippen LogP contribution in [0.3, 0.4) is 0 Å². The van der Waals surface area contributed by atoms with Gasteiger partial charge in [0.15, 0.2) is 16.6 Å². The number of carbonyl (C=O) groups is 1. The summed E-state index contributed by atoms with van der Waals surface area (Å²) >= 11 is 2.56. The van der Waals surface area contributed by atoms with Crippen LogP contribution in [-0.4, -0.2) is 27.4 Å². The third-order valence-electron chi connectivity index (χ3n) is 6.09. The number of aromatic nitrogens is 3. The van der Waals surface area contributed by atoms with Gasteiger partial charge >= 0.3 is 0 Å². The molecule has 9 heteroatoms. The van der Waals surface area contributed by atoms with Crippen molar-refractivity contribution in [3.8, 4) is 0 Å². The van der Waals surface area contributed by atoms with Crippen LogP contribution in [0.25, 0.3) is 0 Å². The summed E-state index contributed by atoms with van der Waals surface area (Å²) in [6.07, 6.45) is 4.79. The highest BCUT2D eigenvalue weighted by molar-refractivity contribution is 8.01. The van der Waals surface area contributed by atoms with Gasteiger partial charge in [-0.3, -0.25) is 4.79 Å². The van der Waals surface area contributed by atoms with Gasteiger partial charge in [0.25, 0.3) is 5.91 Å². The van der Waals surface area contributed by atoms with E-state index in [0.717, 1.165) is 15.3 Å². The molecule has 3 aromatic heterocycles. The first kappa shape index (κ1) is 25.6. The molecule has 190 valence electrons. The minimum Gasteiger partial charge on any atom is -0.349 e. The second-order valence-corrected chi connectivity index (χ2v) is 11.0. The van der Waals surface area contributed by atoms with Crippen LogP contribution in [0.2, 0.25) is 0 Å². The zero-order valence-corrected chi connectivity index (χ0v) is 22.1. The Labute approximate surface area is 228 Å². The molecule has 5 rings (SSSR count). The standard InChI is InChI=1S/C29H24FN5OS2/c1-29(20-10-4-2-5-11-20,21-12-6-3-7-13-21)19-34-27(36)26-25(30)22(15-17-32-26)37-24-18-33-28(38-24)35-23-14-8-9-16-31-23/h2-18H,19H2,1H3,(H,34,36)(H,31,33,35). The number of anilines is 2. The SMILES string of the molecule is CC(CNC(=O)c1nccc(Sc2cnc(Nc3ccccn3)s2)c1F)(c1ccccc1)c1ccccc1. The molecule has 6 nitrogen and oxygen atoms in total. The Morgan fingerprint density at radius 2 is 1.58 bits per heavy atom. The van der Waals surface area contributed by atoms with E-state index in [-0.39, 0.29) is 12.2 Å². The van der Waals surface area contributed by atoms with Gasteiger partial charge in [0.2, 0.25) is 0 Å². The molecule has 38 heavy (non-hydrogen) atoms. The van der Waals surface area contributed by atoms with E-state index in [4.69, 9.17) is 0 Å². The second-order valence-electron chi connectivity index (χ2n) is 8.65. The van der Waals surface area contributed by atoms with Crippen LogP contribution in [0.1, 0.15) is 28.5 Å². The maximum atomic E-state index is 15.4. The summed E-state index contributed by atoms with van der Waals surface area (Å²) in [6.45, 7) is 2.34. The van der Waals surface area contributed by atoms with Gasteiger partial charge in [-0.25, -0.2) is 19.3 Å². The molecule has 0 saturated carbocycles. The zero-order valence-electron chi connectivity index (χ0n) is 20.5. The molecule has 0 saturated heterocycles. The van der Waals surface area contributed by atoms with Crippen LogP contribution < -0.4 is 10.6 Å². The maximum absolute atomic E-state index is 15.4. The van der Waals surface area contributed by atoms with E-state index in [2.05, 4.69) is 32.5 Å². The Kier molecular flexibility index (Phi) is 7.76. The van der Waals surface area contributed by atoms with E-state index in [1.165, 1.54) is 29.3 Å².